The first-order valence-electron chi connectivity index (χ1n) is 7.23. The Morgan fingerprint density at radius 3 is 1.33 bits per heavy atom. The second-order valence-electron chi connectivity index (χ2n) is 5.51. The molecule has 0 amide bonds. The number of rotatable bonds is 0. The van der Waals surface area contributed by atoms with Crippen molar-refractivity contribution in [1.82, 2.24) is 0 Å². The Bertz CT molecular complexity index is 794. The van der Waals surface area contributed by atoms with Gasteiger partial charge in [0.2, 0.25) is 0 Å². The Hall–Kier alpha value is -1.79. The fourth-order valence-corrected chi connectivity index (χ4v) is 2.88. The minimum Gasteiger partial charge on any atom is -0.358 e. The van der Waals surface area contributed by atoms with E-state index in [2.05, 4.69) is 0 Å². The summed E-state index contributed by atoms with van der Waals surface area (Å²) in [6.07, 6.45) is 1.44. The molecule has 0 saturated carbocycles. The van der Waals surface area contributed by atoms with Crippen LogP contribution in [0, 0.1) is 50.3 Å². The van der Waals surface area contributed by atoms with Crippen LogP contribution in [0.1, 0.15) is 44.7 Å². The van der Waals surface area contributed by atoms with Gasteiger partial charge in [-0.3, -0.25) is 0 Å². The average Bonchev–Trinajstić information content (AvgIpc) is 3.03. The first-order chi connectivity index (χ1) is 11.4. The summed E-state index contributed by atoms with van der Waals surface area (Å²) in [4.78, 5) is 22.0. The third-order valence-corrected chi connectivity index (χ3v) is 3.94. The number of hydrogen-bond donors (Lipinski definition) is 0. The van der Waals surface area contributed by atoms with E-state index >= 15 is 0 Å². The van der Waals surface area contributed by atoms with Gasteiger partial charge in [0.1, 0.15) is 11.6 Å². The monoisotopic (exact) mass is 412 g/mol. The number of fused-ring (bicyclic) bond motifs is 2. The molecule has 0 aromatic heterocycles. The van der Waals surface area contributed by atoms with Crippen LogP contribution in [0.15, 0.2) is 12.1 Å². The van der Waals surface area contributed by atoms with Gasteiger partial charge in [0.05, 0.1) is 0 Å². The molecule has 0 unspecified atom stereocenters. The fraction of sp³-hybridized carbons (Fsp3) is 0.200. The average molecular weight is 412 g/mol. The van der Waals surface area contributed by atoms with E-state index in [4.69, 9.17) is 0 Å². The summed E-state index contributed by atoms with van der Waals surface area (Å²) in [6.45, 7) is 0. The van der Waals surface area contributed by atoms with E-state index in [-0.39, 0.29) is 72.1 Å². The van der Waals surface area contributed by atoms with Gasteiger partial charge in [0.25, 0.3) is 0 Å². The standard InChI is InChI=1S/2C9H5F2O.2CH3.Ti/c2*10-6-3-5-1-2-8(12)9(5)7(11)4-6;;;/h2*3H,1-2H2;2*1H3;/q4*-1;+4. The molecule has 7 heteroatoms. The van der Waals surface area contributed by atoms with E-state index in [1.165, 1.54) is 12.1 Å². The second kappa shape index (κ2) is 9.95. The third-order valence-electron chi connectivity index (χ3n) is 3.94. The van der Waals surface area contributed by atoms with Crippen molar-refractivity contribution < 1.29 is 48.9 Å². The van der Waals surface area contributed by atoms with Crippen LogP contribution in [0.4, 0.5) is 17.6 Å². The minimum atomic E-state index is -0.854. The van der Waals surface area contributed by atoms with Gasteiger partial charge in [-0.25, -0.2) is 17.6 Å². The normalized spacial score (nSPS) is 13.3. The summed E-state index contributed by atoms with van der Waals surface area (Å²) in [6, 6.07) is 6.03. The SMILES string of the molecule is O=C1CCc2cc(F)[c-]c(F)c21.O=C1CCc2cc(F)[c-]c(F)c21.[CH3-].[CH3-].[Ti+4]. The van der Waals surface area contributed by atoms with Crippen molar-refractivity contribution in [2.45, 2.75) is 25.7 Å². The number of benzene rings is 2. The van der Waals surface area contributed by atoms with Crippen LogP contribution in [0.2, 0.25) is 0 Å². The molecule has 0 aliphatic heterocycles. The molecule has 0 spiro atoms. The van der Waals surface area contributed by atoms with Crippen molar-refractivity contribution in [1.29, 1.82) is 0 Å². The molecule has 0 saturated heterocycles. The number of halogens is 4. The summed E-state index contributed by atoms with van der Waals surface area (Å²) < 4.78 is 50.9. The van der Waals surface area contributed by atoms with Crippen LogP contribution in [-0.2, 0) is 34.6 Å². The van der Waals surface area contributed by atoms with Crippen LogP contribution in [0.25, 0.3) is 0 Å². The van der Waals surface area contributed by atoms with E-state index in [1.54, 1.807) is 0 Å². The van der Waals surface area contributed by atoms with E-state index in [1.807, 2.05) is 12.1 Å². The number of ketones is 2. The molecule has 2 nitrogen and oxygen atoms in total. The first-order valence-corrected chi connectivity index (χ1v) is 7.23. The Kier molecular flexibility index (Phi) is 9.29. The second-order valence-corrected chi connectivity index (χ2v) is 5.51. The maximum Gasteiger partial charge on any atom is 4.00 e. The maximum absolute atomic E-state index is 12.9. The van der Waals surface area contributed by atoms with E-state index in [0.717, 1.165) is 0 Å². The molecular weight excluding hydrogens is 396 g/mol. The molecule has 0 heterocycles. The van der Waals surface area contributed by atoms with Crippen LogP contribution in [0.3, 0.4) is 0 Å². The number of Topliss-reactive ketones (excluding diaryl/α,β-unsaturated/α-hetero) is 2. The molecule has 0 bridgehead atoms. The Balaban J connectivity index is 0.000000451. The zero-order valence-electron chi connectivity index (χ0n) is 14.8. The molecule has 4 rings (SSSR count). The van der Waals surface area contributed by atoms with Crippen molar-refractivity contribution >= 4 is 11.6 Å². The van der Waals surface area contributed by atoms with Gasteiger partial charge < -0.3 is 24.4 Å². The van der Waals surface area contributed by atoms with Crippen molar-refractivity contribution in [3.63, 3.8) is 0 Å². The number of carbonyl (C=O) groups is 2. The Morgan fingerprint density at radius 2 is 1.00 bits per heavy atom. The van der Waals surface area contributed by atoms with Crippen molar-refractivity contribution in [2.24, 2.45) is 0 Å². The van der Waals surface area contributed by atoms with Gasteiger partial charge in [0, 0.05) is 36.1 Å². The summed E-state index contributed by atoms with van der Waals surface area (Å²) in [7, 11) is 0. The maximum atomic E-state index is 12.9. The quantitative estimate of drug-likeness (QED) is 0.358. The van der Waals surface area contributed by atoms with E-state index in [0.29, 0.717) is 24.0 Å². The number of hydrogen-bond acceptors (Lipinski definition) is 2. The van der Waals surface area contributed by atoms with E-state index in [9.17, 15) is 27.2 Å². The molecule has 0 N–H and O–H groups in total. The molecule has 2 aliphatic carbocycles. The molecule has 27 heavy (non-hydrogen) atoms. The van der Waals surface area contributed by atoms with Crippen LogP contribution in [0.5, 0.6) is 0 Å². The molecule has 140 valence electrons. The molecular formula is C20H16F4O2Ti. The van der Waals surface area contributed by atoms with Crippen molar-refractivity contribution in [2.75, 3.05) is 0 Å². The van der Waals surface area contributed by atoms with Crippen molar-refractivity contribution in [3.8, 4) is 0 Å². The summed E-state index contributed by atoms with van der Waals surface area (Å²) in [5, 5.41) is 0. The molecule has 2 aromatic carbocycles. The molecule has 0 radical (unpaired) electrons. The fourth-order valence-electron chi connectivity index (χ4n) is 2.88. The summed E-state index contributed by atoms with van der Waals surface area (Å²) in [5.41, 5.74) is 0.982. The molecule has 0 fully saturated rings. The first kappa shape index (κ1) is 25.2. The van der Waals surface area contributed by atoms with Crippen molar-refractivity contribution in [3.05, 3.63) is 84.6 Å². The van der Waals surface area contributed by atoms with Gasteiger partial charge in [-0.2, -0.15) is 0 Å². The van der Waals surface area contributed by atoms with Crippen LogP contribution < -0.4 is 0 Å². The number of aryl methyl sites for hydroxylation is 2. The van der Waals surface area contributed by atoms with E-state index < -0.39 is 23.3 Å². The largest absolute Gasteiger partial charge is 4.00 e. The van der Waals surface area contributed by atoms with Gasteiger partial charge in [-0.15, -0.1) is 35.4 Å². The van der Waals surface area contributed by atoms with Gasteiger partial charge in [-0.1, -0.05) is 11.1 Å². The topological polar surface area (TPSA) is 34.1 Å². The summed E-state index contributed by atoms with van der Waals surface area (Å²) in [5.74, 6) is -3.68. The van der Waals surface area contributed by atoms with Gasteiger partial charge in [-0.05, 0) is 12.8 Å². The van der Waals surface area contributed by atoms with Crippen LogP contribution >= 0.6 is 0 Å². The molecule has 2 aromatic rings. The Morgan fingerprint density at radius 1 is 0.667 bits per heavy atom. The molecule has 0 atom stereocenters. The zero-order valence-corrected chi connectivity index (χ0v) is 16.4. The van der Waals surface area contributed by atoms with Gasteiger partial charge in [0.15, 0.2) is 0 Å². The smallest absolute Gasteiger partial charge is 0.358 e. The minimum absolute atomic E-state index is 0. The Labute approximate surface area is 170 Å². The van der Waals surface area contributed by atoms with Gasteiger partial charge >= 0.3 is 21.7 Å². The number of carbonyl (C=O) groups excluding carboxylic acids is 2. The predicted octanol–water partition coefficient (Wildman–Crippen LogP) is 4.69. The third kappa shape index (κ3) is 5.14. The predicted molar refractivity (Wildman–Crippen MR) is 88.5 cm³/mol. The molecule has 2 aliphatic rings. The van der Waals surface area contributed by atoms with Crippen LogP contribution in [-0.4, -0.2) is 11.6 Å². The summed E-state index contributed by atoms with van der Waals surface area (Å²) >= 11 is 0. The zero-order chi connectivity index (χ0) is 17.4.